The van der Waals surface area contributed by atoms with E-state index in [-0.39, 0.29) is 0 Å². The summed E-state index contributed by atoms with van der Waals surface area (Å²) in [7, 11) is 0. The van der Waals surface area contributed by atoms with Gasteiger partial charge < -0.3 is 0 Å². The molecular weight excluding hydrogens is 316 g/mol. The zero-order chi connectivity index (χ0) is 12.3. The smallest absolute Gasteiger partial charge is 0.170 e. The molecule has 0 atom stereocenters. The van der Waals surface area contributed by atoms with Crippen LogP contribution in [0.1, 0.15) is 24.6 Å². The predicted molar refractivity (Wildman–Crippen MR) is 73.0 cm³/mol. The first-order chi connectivity index (χ1) is 8.72. The Morgan fingerprint density at radius 1 is 1.33 bits per heavy atom. The topological polar surface area (TPSA) is 43.1 Å². The van der Waals surface area contributed by atoms with Gasteiger partial charge in [0.15, 0.2) is 11.5 Å². The molecule has 0 saturated heterocycles. The molecule has 0 unspecified atom stereocenters. The number of aromatic nitrogens is 4. The van der Waals surface area contributed by atoms with E-state index in [1.165, 1.54) is 12.8 Å². The van der Waals surface area contributed by atoms with E-state index in [4.69, 9.17) is 11.6 Å². The van der Waals surface area contributed by atoms with Gasteiger partial charge in [0.2, 0.25) is 0 Å². The van der Waals surface area contributed by atoms with E-state index >= 15 is 0 Å². The fourth-order valence-electron chi connectivity index (χ4n) is 2.09. The molecule has 1 aliphatic rings. The van der Waals surface area contributed by atoms with Gasteiger partial charge in [0, 0.05) is 23.6 Å². The van der Waals surface area contributed by atoms with Crippen molar-refractivity contribution in [1.29, 1.82) is 0 Å². The van der Waals surface area contributed by atoms with Crippen LogP contribution in [0.15, 0.2) is 22.8 Å². The number of nitrogens with zero attached hydrogens (tertiary/aromatic N) is 4. The van der Waals surface area contributed by atoms with Gasteiger partial charge in [-0.2, -0.15) is 5.10 Å². The first kappa shape index (κ1) is 10.7. The molecule has 0 amide bonds. The highest BCUT2D eigenvalue weighted by Crippen LogP contribution is 2.39. The molecule has 0 N–H and O–H groups in total. The van der Waals surface area contributed by atoms with Gasteiger partial charge in [-0.05, 0) is 34.8 Å². The molecule has 0 bridgehead atoms. The quantitative estimate of drug-likeness (QED) is 0.643. The van der Waals surface area contributed by atoms with Gasteiger partial charge in [0.1, 0.15) is 5.15 Å². The van der Waals surface area contributed by atoms with Crippen LogP contribution in [0.5, 0.6) is 0 Å². The minimum atomic E-state index is 0.467. The number of hydrogen-bond acceptors (Lipinski definition) is 3. The second-order valence-corrected chi connectivity index (χ2v) is 5.78. The fourth-order valence-corrected chi connectivity index (χ4v) is 2.75. The van der Waals surface area contributed by atoms with Crippen molar-refractivity contribution in [2.75, 3.05) is 0 Å². The van der Waals surface area contributed by atoms with E-state index in [9.17, 15) is 0 Å². The molecule has 90 valence electrons. The SMILES string of the molecule is Clc1cc2c(cn1)cc(Br)c1nc(C3CC3)nn12. The highest BCUT2D eigenvalue weighted by atomic mass is 79.9. The Kier molecular flexibility index (Phi) is 2.17. The first-order valence-electron chi connectivity index (χ1n) is 5.73. The number of pyridine rings is 2. The van der Waals surface area contributed by atoms with Crippen molar-refractivity contribution < 1.29 is 0 Å². The molecule has 6 heteroatoms. The van der Waals surface area contributed by atoms with Crippen LogP contribution in [-0.4, -0.2) is 19.6 Å². The van der Waals surface area contributed by atoms with E-state index in [1.54, 1.807) is 6.20 Å². The molecule has 3 aromatic heterocycles. The van der Waals surface area contributed by atoms with Crippen LogP contribution in [0.4, 0.5) is 0 Å². The van der Waals surface area contributed by atoms with Crippen molar-refractivity contribution in [2.45, 2.75) is 18.8 Å². The van der Waals surface area contributed by atoms with Gasteiger partial charge in [-0.1, -0.05) is 11.6 Å². The monoisotopic (exact) mass is 322 g/mol. The number of hydrogen-bond donors (Lipinski definition) is 0. The van der Waals surface area contributed by atoms with Gasteiger partial charge in [-0.25, -0.2) is 14.5 Å². The summed E-state index contributed by atoms with van der Waals surface area (Å²) in [6.07, 6.45) is 4.13. The molecule has 1 aliphatic carbocycles. The maximum atomic E-state index is 5.96. The summed E-state index contributed by atoms with van der Waals surface area (Å²) >= 11 is 9.49. The second kappa shape index (κ2) is 3.65. The fraction of sp³-hybridized carbons (Fsp3) is 0.250. The maximum absolute atomic E-state index is 5.96. The van der Waals surface area contributed by atoms with Crippen LogP contribution in [-0.2, 0) is 0 Å². The van der Waals surface area contributed by atoms with Gasteiger partial charge in [0.25, 0.3) is 0 Å². The second-order valence-electron chi connectivity index (χ2n) is 4.54. The van der Waals surface area contributed by atoms with Gasteiger partial charge >= 0.3 is 0 Å². The minimum Gasteiger partial charge on any atom is -0.244 e. The van der Waals surface area contributed by atoms with Crippen LogP contribution >= 0.6 is 27.5 Å². The summed E-state index contributed by atoms with van der Waals surface area (Å²) < 4.78 is 2.78. The molecule has 1 fully saturated rings. The highest BCUT2D eigenvalue weighted by molar-refractivity contribution is 9.10. The average Bonchev–Trinajstić information content (AvgIpc) is 3.10. The van der Waals surface area contributed by atoms with Crippen molar-refractivity contribution in [2.24, 2.45) is 0 Å². The molecule has 0 aromatic carbocycles. The number of halogens is 2. The number of fused-ring (bicyclic) bond motifs is 3. The third kappa shape index (κ3) is 1.54. The van der Waals surface area contributed by atoms with Crippen LogP contribution in [0.3, 0.4) is 0 Å². The molecule has 3 heterocycles. The van der Waals surface area contributed by atoms with Gasteiger partial charge in [-0.3, -0.25) is 0 Å². The van der Waals surface area contributed by atoms with Crippen molar-refractivity contribution in [1.82, 2.24) is 19.6 Å². The Bertz CT molecular complexity index is 778. The highest BCUT2D eigenvalue weighted by Gasteiger charge is 2.28. The van der Waals surface area contributed by atoms with Gasteiger partial charge in [-0.15, -0.1) is 0 Å². The van der Waals surface area contributed by atoms with E-state index in [1.807, 2.05) is 16.6 Å². The molecule has 1 saturated carbocycles. The van der Waals surface area contributed by atoms with Crippen molar-refractivity contribution >= 4 is 44.1 Å². The molecule has 4 rings (SSSR count). The van der Waals surface area contributed by atoms with Crippen LogP contribution in [0.25, 0.3) is 16.6 Å². The lowest BCUT2D eigenvalue weighted by Crippen LogP contribution is -1.93. The van der Waals surface area contributed by atoms with Crippen molar-refractivity contribution in [3.63, 3.8) is 0 Å². The Hall–Kier alpha value is -1.20. The van der Waals surface area contributed by atoms with E-state index < -0.39 is 0 Å². The maximum Gasteiger partial charge on any atom is 0.170 e. The summed E-state index contributed by atoms with van der Waals surface area (Å²) in [6.45, 7) is 0. The zero-order valence-corrected chi connectivity index (χ0v) is 11.6. The summed E-state index contributed by atoms with van der Waals surface area (Å²) in [5.74, 6) is 1.46. The zero-order valence-electron chi connectivity index (χ0n) is 9.27. The third-order valence-electron chi connectivity index (χ3n) is 3.17. The summed E-state index contributed by atoms with van der Waals surface area (Å²) in [4.78, 5) is 8.69. The molecule has 18 heavy (non-hydrogen) atoms. The van der Waals surface area contributed by atoms with Crippen LogP contribution in [0.2, 0.25) is 5.15 Å². The molecule has 4 nitrogen and oxygen atoms in total. The molecule has 0 radical (unpaired) electrons. The Balaban J connectivity index is 2.14. The lowest BCUT2D eigenvalue weighted by atomic mass is 10.3. The standard InChI is InChI=1S/C12H8BrClN4/c13-8-3-7-5-15-10(14)4-9(7)18-12(8)16-11(17-18)6-1-2-6/h3-6H,1-2H2. The van der Waals surface area contributed by atoms with E-state index in [0.29, 0.717) is 11.1 Å². The Morgan fingerprint density at radius 2 is 2.17 bits per heavy atom. The lowest BCUT2D eigenvalue weighted by Gasteiger charge is -2.02. The van der Waals surface area contributed by atoms with E-state index in [2.05, 4.69) is 31.0 Å². The van der Waals surface area contributed by atoms with Crippen molar-refractivity contribution in [3.05, 3.63) is 33.8 Å². The summed E-state index contributed by atoms with van der Waals surface area (Å²) in [5, 5.41) is 6.05. The molecule has 0 aliphatic heterocycles. The van der Waals surface area contributed by atoms with Crippen LogP contribution < -0.4 is 0 Å². The lowest BCUT2D eigenvalue weighted by molar-refractivity contribution is 0.897. The van der Waals surface area contributed by atoms with Crippen molar-refractivity contribution in [3.8, 4) is 0 Å². The largest absolute Gasteiger partial charge is 0.244 e. The number of rotatable bonds is 1. The summed E-state index contributed by atoms with van der Waals surface area (Å²) in [5.41, 5.74) is 1.78. The predicted octanol–water partition coefficient (Wildman–Crippen LogP) is 3.57. The minimum absolute atomic E-state index is 0.467. The Morgan fingerprint density at radius 3 is 2.94 bits per heavy atom. The first-order valence-corrected chi connectivity index (χ1v) is 6.90. The molecule has 0 spiro atoms. The van der Waals surface area contributed by atoms with Gasteiger partial charge in [0.05, 0.1) is 9.99 Å². The normalized spacial score (nSPS) is 15.7. The third-order valence-corrected chi connectivity index (χ3v) is 3.96. The summed E-state index contributed by atoms with van der Waals surface area (Å²) in [6, 6.07) is 3.82. The molecular formula is C12H8BrClN4. The molecule has 3 aromatic rings. The average molecular weight is 324 g/mol. The van der Waals surface area contributed by atoms with E-state index in [0.717, 1.165) is 26.8 Å². The Labute approximate surface area is 116 Å². The van der Waals surface area contributed by atoms with Crippen LogP contribution in [0, 0.1) is 0 Å².